The molecule has 0 saturated carbocycles. The molecule has 152 valence electrons. The van der Waals surface area contributed by atoms with E-state index >= 15 is 0 Å². The highest BCUT2D eigenvalue weighted by Crippen LogP contribution is 2.27. The topological polar surface area (TPSA) is 75.9 Å². The first-order valence-electron chi connectivity index (χ1n) is 9.42. The number of rotatable bonds is 9. The Balaban J connectivity index is 1.62. The second-order valence-corrected chi connectivity index (χ2v) is 6.38. The molecule has 0 aromatic heterocycles. The van der Waals surface area contributed by atoms with E-state index < -0.39 is 0 Å². The number of methoxy groups -OCH3 is 2. The smallest absolute Gasteiger partial charge is 0.161 e. The Labute approximate surface area is 176 Å². The summed E-state index contributed by atoms with van der Waals surface area (Å²) in [7, 11) is 3.22. The van der Waals surface area contributed by atoms with Gasteiger partial charge in [-0.1, -0.05) is 36.4 Å². The van der Waals surface area contributed by atoms with E-state index in [1.165, 1.54) is 0 Å². The molecule has 30 heavy (non-hydrogen) atoms. The van der Waals surface area contributed by atoms with Crippen molar-refractivity contribution >= 4 is 6.21 Å². The van der Waals surface area contributed by atoms with Crippen LogP contribution in [0.3, 0.4) is 0 Å². The van der Waals surface area contributed by atoms with Gasteiger partial charge in [-0.3, -0.25) is 0 Å². The molecule has 6 heteroatoms. The van der Waals surface area contributed by atoms with Gasteiger partial charge in [0.2, 0.25) is 0 Å². The van der Waals surface area contributed by atoms with Crippen LogP contribution >= 0.6 is 0 Å². The molecule has 6 nitrogen and oxygen atoms in total. The third kappa shape index (κ3) is 5.30. The molecule has 1 N–H and O–H groups in total. The zero-order chi connectivity index (χ0) is 21.2. The molecular weight excluding hydrogens is 378 g/mol. The lowest BCUT2D eigenvalue weighted by atomic mass is 10.1. The minimum atomic E-state index is 0.313. The number of nitrogens with one attached hydrogen (secondary N) is 1. The van der Waals surface area contributed by atoms with Gasteiger partial charge in [-0.25, -0.2) is 0 Å². The van der Waals surface area contributed by atoms with Crippen LogP contribution in [0.2, 0.25) is 0 Å². The molecule has 3 aromatic rings. The minimum absolute atomic E-state index is 0.313. The first-order valence-corrected chi connectivity index (χ1v) is 9.42. The number of nitrogens with zero attached hydrogens (tertiary/aromatic N) is 2. The molecule has 0 amide bonds. The van der Waals surface area contributed by atoms with Gasteiger partial charge in [0.15, 0.2) is 11.5 Å². The summed E-state index contributed by atoms with van der Waals surface area (Å²) < 4.78 is 16.5. The van der Waals surface area contributed by atoms with E-state index in [-0.39, 0.29) is 0 Å². The van der Waals surface area contributed by atoms with Crippen LogP contribution in [0.1, 0.15) is 22.3 Å². The van der Waals surface area contributed by atoms with Crippen molar-refractivity contribution in [2.75, 3.05) is 14.2 Å². The summed E-state index contributed by atoms with van der Waals surface area (Å²) in [6, 6.07) is 22.9. The van der Waals surface area contributed by atoms with Crippen LogP contribution in [-0.2, 0) is 13.2 Å². The van der Waals surface area contributed by atoms with Gasteiger partial charge in [0.1, 0.15) is 12.4 Å². The Morgan fingerprint density at radius 2 is 1.70 bits per heavy atom. The summed E-state index contributed by atoms with van der Waals surface area (Å²) in [6.07, 6.45) is 1.71. The lowest BCUT2D eigenvalue weighted by Gasteiger charge is -2.10. The normalized spacial score (nSPS) is 10.4. The van der Waals surface area contributed by atoms with Crippen LogP contribution in [0.5, 0.6) is 17.2 Å². The number of nitriles is 1. The number of hydrazone groups is 1. The average molecular weight is 401 g/mol. The van der Waals surface area contributed by atoms with E-state index in [4.69, 9.17) is 14.2 Å². The van der Waals surface area contributed by atoms with E-state index in [9.17, 15) is 5.26 Å². The van der Waals surface area contributed by atoms with Gasteiger partial charge >= 0.3 is 0 Å². The third-order valence-corrected chi connectivity index (χ3v) is 4.47. The second-order valence-electron chi connectivity index (χ2n) is 6.38. The number of benzene rings is 3. The van der Waals surface area contributed by atoms with E-state index in [2.05, 4.69) is 16.6 Å². The largest absolute Gasteiger partial charge is 0.493 e. The molecular formula is C24H23N3O3. The summed E-state index contributed by atoms with van der Waals surface area (Å²) in [5.41, 5.74) is 6.35. The summed E-state index contributed by atoms with van der Waals surface area (Å²) in [5.74, 6) is 2.06. The van der Waals surface area contributed by atoms with Crippen molar-refractivity contribution < 1.29 is 14.2 Å². The van der Waals surface area contributed by atoms with Gasteiger partial charge in [-0.15, -0.1) is 0 Å². The molecule has 0 aliphatic carbocycles. The Morgan fingerprint density at radius 1 is 0.933 bits per heavy atom. The van der Waals surface area contributed by atoms with E-state index in [1.807, 2.05) is 60.7 Å². The molecule has 3 aromatic carbocycles. The minimum Gasteiger partial charge on any atom is -0.493 e. The van der Waals surface area contributed by atoms with E-state index in [0.717, 1.165) is 16.7 Å². The number of para-hydroxylation sites is 1. The molecule has 0 unspecified atom stereocenters. The van der Waals surface area contributed by atoms with E-state index in [1.54, 1.807) is 26.5 Å². The molecule has 0 atom stereocenters. The van der Waals surface area contributed by atoms with Crippen LogP contribution < -0.4 is 19.6 Å². The van der Waals surface area contributed by atoms with Gasteiger partial charge in [0.25, 0.3) is 0 Å². The van der Waals surface area contributed by atoms with Gasteiger partial charge in [0, 0.05) is 11.1 Å². The van der Waals surface area contributed by atoms with Crippen LogP contribution in [0, 0.1) is 11.3 Å². The predicted molar refractivity (Wildman–Crippen MR) is 116 cm³/mol. The number of hydrogen-bond acceptors (Lipinski definition) is 6. The Kier molecular flexibility index (Phi) is 7.28. The van der Waals surface area contributed by atoms with Gasteiger partial charge in [0.05, 0.1) is 38.6 Å². The fourth-order valence-corrected chi connectivity index (χ4v) is 2.87. The fraction of sp³-hybridized carbons (Fsp3) is 0.167. The highest BCUT2D eigenvalue weighted by Gasteiger charge is 2.06. The molecule has 0 aliphatic rings. The maximum atomic E-state index is 9.22. The van der Waals surface area contributed by atoms with Crippen molar-refractivity contribution in [1.29, 1.82) is 5.26 Å². The van der Waals surface area contributed by atoms with Crippen LogP contribution in [-0.4, -0.2) is 20.4 Å². The standard InChI is InChI=1S/C24H23N3O3/c1-28-23-12-11-18(13-24(23)29-2)15-26-27-16-20-8-5-6-10-22(20)30-17-21-9-4-3-7-19(21)14-25/h3-13,16,26H,15,17H2,1-2H3/b27-16-. The maximum Gasteiger partial charge on any atom is 0.161 e. The van der Waals surface area contributed by atoms with Crippen LogP contribution in [0.4, 0.5) is 0 Å². The van der Waals surface area contributed by atoms with Crippen molar-refractivity contribution in [2.45, 2.75) is 13.2 Å². The molecule has 0 aliphatic heterocycles. The van der Waals surface area contributed by atoms with Gasteiger partial charge < -0.3 is 19.6 Å². The predicted octanol–water partition coefficient (Wildman–Crippen LogP) is 4.28. The van der Waals surface area contributed by atoms with Crippen molar-refractivity contribution in [3.63, 3.8) is 0 Å². The molecule has 0 saturated heterocycles. The maximum absolute atomic E-state index is 9.22. The summed E-state index contributed by atoms with van der Waals surface area (Å²) >= 11 is 0. The highest BCUT2D eigenvalue weighted by molar-refractivity contribution is 5.83. The summed E-state index contributed by atoms with van der Waals surface area (Å²) in [6.45, 7) is 0.850. The first-order chi connectivity index (χ1) is 14.7. The van der Waals surface area contributed by atoms with Gasteiger partial charge in [-0.2, -0.15) is 10.4 Å². The Hall–Kier alpha value is -3.98. The molecule has 0 bridgehead atoms. The van der Waals surface area contributed by atoms with Crippen molar-refractivity contribution in [3.05, 3.63) is 89.0 Å². The van der Waals surface area contributed by atoms with Crippen molar-refractivity contribution in [3.8, 4) is 23.3 Å². The third-order valence-electron chi connectivity index (χ3n) is 4.47. The molecule has 0 radical (unpaired) electrons. The number of hydrogen-bond donors (Lipinski definition) is 1. The Morgan fingerprint density at radius 3 is 2.50 bits per heavy atom. The molecule has 3 rings (SSSR count). The monoisotopic (exact) mass is 401 g/mol. The second kappa shape index (κ2) is 10.5. The zero-order valence-corrected chi connectivity index (χ0v) is 17.0. The van der Waals surface area contributed by atoms with Crippen LogP contribution in [0.15, 0.2) is 71.8 Å². The van der Waals surface area contributed by atoms with Crippen molar-refractivity contribution in [2.24, 2.45) is 5.10 Å². The SMILES string of the molecule is COc1ccc(CN/N=C\c2ccccc2OCc2ccccc2C#N)cc1OC. The first kappa shape index (κ1) is 20.7. The number of ether oxygens (including phenoxy) is 3. The Bertz CT molecular complexity index is 1060. The highest BCUT2D eigenvalue weighted by atomic mass is 16.5. The average Bonchev–Trinajstić information content (AvgIpc) is 2.81. The van der Waals surface area contributed by atoms with Crippen LogP contribution in [0.25, 0.3) is 0 Å². The molecule has 0 heterocycles. The van der Waals surface area contributed by atoms with Crippen molar-refractivity contribution in [1.82, 2.24) is 5.43 Å². The van der Waals surface area contributed by atoms with E-state index in [0.29, 0.717) is 36.0 Å². The summed E-state index contributed by atoms with van der Waals surface area (Å²) in [5, 5.41) is 13.5. The zero-order valence-electron chi connectivity index (χ0n) is 17.0. The molecule has 0 spiro atoms. The molecule has 0 fully saturated rings. The lowest BCUT2D eigenvalue weighted by molar-refractivity contribution is 0.305. The van der Waals surface area contributed by atoms with Gasteiger partial charge in [-0.05, 0) is 35.9 Å². The summed E-state index contributed by atoms with van der Waals surface area (Å²) in [4.78, 5) is 0. The fourth-order valence-electron chi connectivity index (χ4n) is 2.87. The quantitative estimate of drug-likeness (QED) is 0.428. The lowest BCUT2D eigenvalue weighted by Crippen LogP contribution is -2.06.